The molecule has 5 N–H and O–H groups in total. The molecule has 0 bridgehead atoms. The number of primary amides is 1. The largest absolute Gasteiger partial charge is 0.489 e. The van der Waals surface area contributed by atoms with E-state index in [1.165, 1.54) is 31.2 Å². The van der Waals surface area contributed by atoms with Gasteiger partial charge in [0.15, 0.2) is 0 Å². The molecule has 250 valence electrons. The van der Waals surface area contributed by atoms with Crippen LogP contribution in [-0.2, 0) is 20.5 Å². The molecule has 11 nitrogen and oxygen atoms in total. The van der Waals surface area contributed by atoms with Crippen LogP contribution in [0.2, 0.25) is 0 Å². The molecule has 1 fully saturated rings. The molecule has 1 unspecified atom stereocenters. The fourth-order valence-electron chi connectivity index (χ4n) is 5.31. The third-order valence-corrected chi connectivity index (χ3v) is 8.35. The van der Waals surface area contributed by atoms with Crippen molar-refractivity contribution in [2.75, 3.05) is 18.5 Å². The SMILES string of the molecule is Cc1cnc2c(NC(=O)OC3CC3)cc(C(=O)NCC(O)(c3cc4c(c(-c5ccc(F)cc5)n3)OC[C@]4(C)C(N)=O)C(F)(F)F)cc2c1. The average molecular weight is 668 g/mol. The first kappa shape index (κ1) is 32.6. The van der Waals surface area contributed by atoms with Gasteiger partial charge in [0.1, 0.15) is 35.4 Å². The van der Waals surface area contributed by atoms with Crippen LogP contribution in [0.1, 0.15) is 46.9 Å². The van der Waals surface area contributed by atoms with Gasteiger partial charge in [-0.1, -0.05) is 0 Å². The van der Waals surface area contributed by atoms with Crippen molar-refractivity contribution < 1.29 is 46.5 Å². The van der Waals surface area contributed by atoms with Gasteiger partial charge in [-0.2, -0.15) is 13.2 Å². The number of rotatable bonds is 8. The van der Waals surface area contributed by atoms with Crippen molar-refractivity contribution in [1.29, 1.82) is 0 Å². The number of nitrogens with zero attached hydrogens (tertiary/aromatic N) is 2. The van der Waals surface area contributed by atoms with Crippen LogP contribution in [-0.4, -0.2) is 58.4 Å². The van der Waals surface area contributed by atoms with Gasteiger partial charge in [-0.15, -0.1) is 0 Å². The predicted octanol–water partition coefficient (Wildman–Crippen LogP) is 4.77. The Bertz CT molecular complexity index is 1970. The van der Waals surface area contributed by atoms with Crippen LogP contribution < -0.4 is 21.1 Å². The molecule has 0 radical (unpaired) electrons. The summed E-state index contributed by atoms with van der Waals surface area (Å²) in [5, 5.41) is 16.4. The number of hydrogen-bond acceptors (Lipinski definition) is 8. The highest BCUT2D eigenvalue weighted by Crippen LogP contribution is 2.47. The van der Waals surface area contributed by atoms with Gasteiger partial charge in [-0.3, -0.25) is 19.9 Å². The van der Waals surface area contributed by atoms with Crippen LogP contribution >= 0.6 is 0 Å². The molecule has 1 aliphatic heterocycles. The summed E-state index contributed by atoms with van der Waals surface area (Å²) in [4.78, 5) is 46.7. The number of anilines is 1. The second kappa shape index (κ2) is 11.7. The number of fused-ring (bicyclic) bond motifs is 2. The standard InChI is InChI=1S/C33H29F4N5O6/c1-16-9-18-10-19(11-23(25(18)39-13-16)41-30(45)48-21-7-8-21)28(43)40-14-32(46,33(35,36)37)24-12-22-27(47-15-31(22,2)29(38)44)26(42-24)17-3-5-20(34)6-4-17/h3-6,9-13,21,46H,7-8,14-15H2,1-2H3,(H2,38,44)(H,40,43)(H,41,45)/t31-,32?/m0/s1. The molecule has 0 spiro atoms. The molecule has 2 aromatic carbocycles. The Morgan fingerprint density at radius 2 is 1.83 bits per heavy atom. The number of pyridine rings is 2. The zero-order valence-corrected chi connectivity index (χ0v) is 25.6. The highest BCUT2D eigenvalue weighted by atomic mass is 19.4. The number of aromatic nitrogens is 2. The van der Waals surface area contributed by atoms with E-state index in [4.69, 9.17) is 15.2 Å². The number of nitrogens with two attached hydrogens (primary N) is 1. The molecular formula is C33H29F4N5O6. The number of amides is 3. The lowest BCUT2D eigenvalue weighted by Crippen LogP contribution is -2.51. The Balaban J connectivity index is 1.38. The molecule has 6 rings (SSSR count). The maximum Gasteiger partial charge on any atom is 0.424 e. The van der Waals surface area contributed by atoms with E-state index in [-0.39, 0.29) is 46.5 Å². The number of alkyl halides is 3. The maximum atomic E-state index is 14.8. The van der Waals surface area contributed by atoms with E-state index < -0.39 is 53.2 Å². The van der Waals surface area contributed by atoms with E-state index in [0.29, 0.717) is 16.5 Å². The van der Waals surface area contributed by atoms with E-state index in [1.54, 1.807) is 19.2 Å². The molecule has 1 aliphatic carbocycles. The Hall–Kier alpha value is -5.31. The van der Waals surface area contributed by atoms with Crippen molar-refractivity contribution >= 4 is 34.5 Å². The highest BCUT2D eigenvalue weighted by Gasteiger charge is 2.57. The Kier molecular flexibility index (Phi) is 7.98. The number of nitrogens with one attached hydrogen (secondary N) is 2. The van der Waals surface area contributed by atoms with E-state index in [2.05, 4.69) is 20.6 Å². The van der Waals surface area contributed by atoms with Crippen LogP contribution in [0.4, 0.5) is 28.0 Å². The van der Waals surface area contributed by atoms with Crippen molar-refractivity contribution in [2.24, 2.45) is 5.73 Å². The number of carbonyl (C=O) groups is 3. The molecule has 2 atom stereocenters. The van der Waals surface area contributed by atoms with E-state index in [1.807, 2.05) is 0 Å². The van der Waals surface area contributed by atoms with Crippen molar-refractivity contribution in [3.63, 3.8) is 0 Å². The summed E-state index contributed by atoms with van der Waals surface area (Å²) in [6.45, 7) is 1.39. The fourth-order valence-corrected chi connectivity index (χ4v) is 5.31. The van der Waals surface area contributed by atoms with Crippen LogP contribution in [0.15, 0.2) is 54.7 Å². The Labute approximate surface area is 270 Å². The zero-order valence-electron chi connectivity index (χ0n) is 25.6. The van der Waals surface area contributed by atoms with Gasteiger partial charge in [0.2, 0.25) is 11.5 Å². The van der Waals surface area contributed by atoms with Gasteiger partial charge in [-0.05, 0) is 80.8 Å². The summed E-state index contributed by atoms with van der Waals surface area (Å²) < 4.78 is 69.1. The third kappa shape index (κ3) is 5.96. The van der Waals surface area contributed by atoms with Gasteiger partial charge in [0.05, 0.1) is 23.4 Å². The number of aliphatic hydroxyl groups is 1. The van der Waals surface area contributed by atoms with Gasteiger partial charge < -0.3 is 25.6 Å². The molecule has 2 aromatic heterocycles. The van der Waals surface area contributed by atoms with Gasteiger partial charge in [0.25, 0.3) is 5.91 Å². The monoisotopic (exact) mass is 667 g/mol. The first-order valence-corrected chi connectivity index (χ1v) is 14.8. The minimum Gasteiger partial charge on any atom is -0.489 e. The van der Waals surface area contributed by atoms with Crippen molar-refractivity contribution in [3.8, 4) is 17.0 Å². The van der Waals surface area contributed by atoms with Crippen LogP contribution in [0.3, 0.4) is 0 Å². The average Bonchev–Trinajstić information content (AvgIpc) is 3.78. The summed E-state index contributed by atoms with van der Waals surface area (Å²) in [5.74, 6) is -2.61. The van der Waals surface area contributed by atoms with Gasteiger partial charge in [-0.25, -0.2) is 14.2 Å². The summed E-state index contributed by atoms with van der Waals surface area (Å²) >= 11 is 0. The molecule has 4 aromatic rings. The van der Waals surface area contributed by atoms with Gasteiger partial charge in [0, 0.05) is 28.3 Å². The number of hydrogen-bond donors (Lipinski definition) is 4. The molecular weight excluding hydrogens is 638 g/mol. The normalized spacial score (nSPS) is 18.4. The number of aryl methyl sites for hydroxylation is 1. The summed E-state index contributed by atoms with van der Waals surface area (Å²) in [6.07, 6.45) is -3.43. The minimum absolute atomic E-state index is 0.0551. The molecule has 0 saturated heterocycles. The second-order valence-corrected chi connectivity index (χ2v) is 12.1. The minimum atomic E-state index is -5.41. The number of carbonyl (C=O) groups excluding carboxylic acids is 3. The molecule has 15 heteroatoms. The Morgan fingerprint density at radius 1 is 1.12 bits per heavy atom. The smallest absolute Gasteiger partial charge is 0.424 e. The summed E-state index contributed by atoms with van der Waals surface area (Å²) in [5.41, 5.74) is 0.0852. The lowest BCUT2D eigenvalue weighted by atomic mass is 9.81. The topological polar surface area (TPSA) is 166 Å². The predicted molar refractivity (Wildman–Crippen MR) is 164 cm³/mol. The number of benzene rings is 2. The summed E-state index contributed by atoms with van der Waals surface area (Å²) in [6, 6.07) is 9.78. The van der Waals surface area contributed by atoms with E-state index in [0.717, 1.165) is 31.0 Å². The first-order chi connectivity index (χ1) is 22.6. The number of halogens is 4. The van der Waals surface area contributed by atoms with Gasteiger partial charge >= 0.3 is 12.3 Å². The number of ether oxygens (including phenoxy) is 2. The van der Waals surface area contributed by atoms with Crippen LogP contribution in [0.25, 0.3) is 22.2 Å². The molecule has 3 heterocycles. The van der Waals surface area contributed by atoms with E-state index >= 15 is 0 Å². The third-order valence-electron chi connectivity index (χ3n) is 8.35. The zero-order chi connectivity index (χ0) is 34.6. The summed E-state index contributed by atoms with van der Waals surface area (Å²) in [7, 11) is 0. The lowest BCUT2D eigenvalue weighted by molar-refractivity contribution is -0.265. The molecule has 2 aliphatic rings. The van der Waals surface area contributed by atoms with Crippen LogP contribution in [0.5, 0.6) is 5.75 Å². The molecule has 48 heavy (non-hydrogen) atoms. The highest BCUT2D eigenvalue weighted by molar-refractivity contribution is 6.05. The van der Waals surface area contributed by atoms with Crippen LogP contribution in [0, 0.1) is 12.7 Å². The quantitative estimate of drug-likeness (QED) is 0.195. The molecule has 3 amide bonds. The van der Waals surface area contributed by atoms with Crippen molar-refractivity contribution in [2.45, 2.75) is 50.0 Å². The lowest BCUT2D eigenvalue weighted by Gasteiger charge is -2.31. The first-order valence-electron chi connectivity index (χ1n) is 14.8. The maximum absolute atomic E-state index is 14.8. The Morgan fingerprint density at radius 3 is 2.48 bits per heavy atom. The van der Waals surface area contributed by atoms with E-state index in [9.17, 15) is 37.1 Å². The second-order valence-electron chi connectivity index (χ2n) is 12.1. The molecule has 1 saturated carbocycles. The fraction of sp³-hybridized carbons (Fsp3) is 0.303. The van der Waals surface area contributed by atoms with Crippen molar-refractivity contribution in [1.82, 2.24) is 15.3 Å². The van der Waals surface area contributed by atoms with Crippen molar-refractivity contribution in [3.05, 3.63) is 82.9 Å².